The van der Waals surface area contributed by atoms with Crippen LogP contribution in [0, 0.1) is 5.92 Å². The summed E-state index contributed by atoms with van der Waals surface area (Å²) >= 11 is 0. The minimum absolute atomic E-state index is 0. The first kappa shape index (κ1) is 18.2. The van der Waals surface area contributed by atoms with E-state index in [9.17, 15) is 13.2 Å². The molecule has 1 unspecified atom stereocenters. The number of likely N-dealkylation sites (tertiary alicyclic amines) is 1. The normalized spacial score (nSPS) is 21.1. The Hall–Kier alpha value is -1.15. The van der Waals surface area contributed by atoms with Gasteiger partial charge >= 0.3 is 0 Å². The summed E-state index contributed by atoms with van der Waals surface area (Å²) in [6.45, 7) is 1.90. The van der Waals surface area contributed by atoms with Crippen LogP contribution in [0.25, 0.3) is 0 Å². The molecule has 1 aromatic rings. The number of hydrogen-bond acceptors (Lipinski definition) is 4. The van der Waals surface area contributed by atoms with Gasteiger partial charge in [-0.2, -0.15) is 0 Å². The van der Waals surface area contributed by atoms with E-state index in [1.165, 1.54) is 12.1 Å². The van der Waals surface area contributed by atoms with Crippen LogP contribution in [-0.4, -0.2) is 44.9 Å². The number of amides is 1. The lowest BCUT2D eigenvalue weighted by atomic mass is 10.1. The van der Waals surface area contributed by atoms with Gasteiger partial charge in [-0.25, -0.2) is 13.1 Å². The van der Waals surface area contributed by atoms with E-state index in [4.69, 9.17) is 5.73 Å². The summed E-state index contributed by atoms with van der Waals surface area (Å²) in [7, 11) is -3.53. The van der Waals surface area contributed by atoms with Crippen LogP contribution in [0.1, 0.15) is 29.6 Å². The third kappa shape index (κ3) is 4.23. The number of sulfonamides is 1. The molecule has 1 saturated heterocycles. The number of carbonyl (C=O) groups excluding carboxylic acids is 1. The summed E-state index contributed by atoms with van der Waals surface area (Å²) in [6.07, 6.45) is 2.67. The smallest absolute Gasteiger partial charge is 0.253 e. The highest BCUT2D eigenvalue weighted by molar-refractivity contribution is 7.89. The Bertz CT molecular complexity index is 676. The van der Waals surface area contributed by atoms with Crippen LogP contribution in [-0.2, 0) is 10.0 Å². The van der Waals surface area contributed by atoms with Gasteiger partial charge in [0.15, 0.2) is 0 Å². The van der Waals surface area contributed by atoms with Crippen molar-refractivity contribution in [3.63, 3.8) is 0 Å². The van der Waals surface area contributed by atoms with Gasteiger partial charge in [0.25, 0.3) is 5.91 Å². The molecule has 0 spiro atoms. The van der Waals surface area contributed by atoms with Crippen molar-refractivity contribution in [2.24, 2.45) is 11.7 Å². The lowest BCUT2D eigenvalue weighted by molar-refractivity contribution is 0.0787. The second-order valence-corrected chi connectivity index (χ2v) is 7.78. The molecular weight excluding hydrogens is 338 g/mol. The third-order valence-corrected chi connectivity index (χ3v) is 5.72. The Labute approximate surface area is 142 Å². The molecular formula is C15H22ClN3O3S. The second kappa shape index (κ2) is 7.17. The molecule has 2 aliphatic rings. The quantitative estimate of drug-likeness (QED) is 0.819. The van der Waals surface area contributed by atoms with Crippen LogP contribution in [0.3, 0.4) is 0 Å². The number of halogens is 1. The van der Waals surface area contributed by atoms with Gasteiger partial charge in [0, 0.05) is 24.7 Å². The van der Waals surface area contributed by atoms with Crippen LogP contribution < -0.4 is 10.5 Å². The zero-order valence-electron chi connectivity index (χ0n) is 12.8. The van der Waals surface area contributed by atoms with Crippen molar-refractivity contribution in [3.8, 4) is 0 Å². The van der Waals surface area contributed by atoms with Crippen molar-refractivity contribution in [3.05, 3.63) is 29.8 Å². The van der Waals surface area contributed by atoms with Crippen molar-refractivity contribution in [2.45, 2.75) is 30.2 Å². The second-order valence-electron chi connectivity index (χ2n) is 6.06. The van der Waals surface area contributed by atoms with Crippen molar-refractivity contribution in [2.75, 3.05) is 19.6 Å². The molecule has 0 bridgehead atoms. The molecule has 1 aliphatic heterocycles. The van der Waals surface area contributed by atoms with E-state index in [2.05, 4.69) is 4.72 Å². The molecule has 1 aromatic carbocycles. The summed E-state index contributed by atoms with van der Waals surface area (Å²) in [4.78, 5) is 14.4. The van der Waals surface area contributed by atoms with Gasteiger partial charge in [0.2, 0.25) is 10.0 Å². The molecule has 6 nitrogen and oxygen atoms in total. The Kier molecular flexibility index (Phi) is 5.67. The molecule has 1 amide bonds. The van der Waals surface area contributed by atoms with Gasteiger partial charge in [-0.3, -0.25) is 4.79 Å². The van der Waals surface area contributed by atoms with E-state index in [0.717, 1.165) is 19.3 Å². The molecule has 1 atom stereocenters. The van der Waals surface area contributed by atoms with E-state index < -0.39 is 10.0 Å². The standard InChI is InChI=1S/C15H21N3O3S.ClH/c16-9-11-6-7-18(10-11)15(19)12-2-1-3-14(8-12)22(20,21)17-13-4-5-13;/h1-3,8,11,13,17H,4-7,9-10,16H2;1H. The van der Waals surface area contributed by atoms with E-state index >= 15 is 0 Å². The van der Waals surface area contributed by atoms with E-state index in [1.807, 2.05) is 0 Å². The zero-order valence-corrected chi connectivity index (χ0v) is 14.4. The molecule has 2 fully saturated rings. The highest BCUT2D eigenvalue weighted by Gasteiger charge is 2.29. The average Bonchev–Trinajstić information content (AvgIpc) is 3.18. The molecule has 0 radical (unpaired) electrons. The van der Waals surface area contributed by atoms with Crippen LogP contribution >= 0.6 is 12.4 Å². The van der Waals surface area contributed by atoms with E-state index in [1.54, 1.807) is 17.0 Å². The summed E-state index contributed by atoms with van der Waals surface area (Å²) < 4.78 is 27.1. The van der Waals surface area contributed by atoms with Gasteiger partial charge in [0.1, 0.15) is 0 Å². The zero-order chi connectivity index (χ0) is 15.7. The maximum atomic E-state index is 12.5. The molecule has 128 valence electrons. The number of carbonyl (C=O) groups is 1. The lowest BCUT2D eigenvalue weighted by Gasteiger charge is -2.17. The van der Waals surface area contributed by atoms with Gasteiger partial charge in [-0.1, -0.05) is 6.07 Å². The minimum Gasteiger partial charge on any atom is -0.338 e. The molecule has 8 heteroatoms. The fourth-order valence-corrected chi connectivity index (χ4v) is 4.03. The molecule has 3 rings (SSSR count). The van der Waals surface area contributed by atoms with Crippen LogP contribution in [0.5, 0.6) is 0 Å². The predicted molar refractivity (Wildman–Crippen MR) is 90.1 cm³/mol. The highest BCUT2D eigenvalue weighted by atomic mass is 35.5. The Morgan fingerprint density at radius 1 is 1.30 bits per heavy atom. The third-order valence-electron chi connectivity index (χ3n) is 4.20. The summed E-state index contributed by atoms with van der Waals surface area (Å²) in [5.41, 5.74) is 6.06. The number of hydrogen-bond donors (Lipinski definition) is 2. The number of rotatable bonds is 5. The summed E-state index contributed by atoms with van der Waals surface area (Å²) in [6, 6.07) is 6.31. The molecule has 3 N–H and O–H groups in total. The van der Waals surface area contributed by atoms with Crippen LogP contribution in [0.2, 0.25) is 0 Å². The van der Waals surface area contributed by atoms with Crippen molar-refractivity contribution in [1.29, 1.82) is 0 Å². The average molecular weight is 360 g/mol. The lowest BCUT2D eigenvalue weighted by Crippen LogP contribution is -2.30. The van der Waals surface area contributed by atoms with Gasteiger partial charge in [-0.15, -0.1) is 12.4 Å². The first-order valence-corrected chi connectivity index (χ1v) is 9.09. The fourth-order valence-electron chi connectivity index (χ4n) is 2.68. The van der Waals surface area contributed by atoms with E-state index in [0.29, 0.717) is 31.1 Å². The largest absolute Gasteiger partial charge is 0.338 e. The maximum Gasteiger partial charge on any atom is 0.253 e. The Morgan fingerprint density at radius 2 is 2.04 bits per heavy atom. The SMILES string of the molecule is Cl.NCC1CCN(C(=O)c2cccc(S(=O)(=O)NC3CC3)c2)C1. The van der Waals surface area contributed by atoms with Gasteiger partial charge in [-0.05, 0) is 49.9 Å². The fraction of sp³-hybridized carbons (Fsp3) is 0.533. The number of nitrogens with zero attached hydrogens (tertiary/aromatic N) is 1. The Balaban J connectivity index is 0.00000192. The van der Waals surface area contributed by atoms with Crippen molar-refractivity contribution in [1.82, 2.24) is 9.62 Å². The highest BCUT2D eigenvalue weighted by Crippen LogP contribution is 2.23. The first-order valence-electron chi connectivity index (χ1n) is 7.61. The monoisotopic (exact) mass is 359 g/mol. The van der Waals surface area contributed by atoms with Crippen molar-refractivity contribution >= 4 is 28.3 Å². The topological polar surface area (TPSA) is 92.5 Å². The van der Waals surface area contributed by atoms with Crippen LogP contribution in [0.15, 0.2) is 29.2 Å². The van der Waals surface area contributed by atoms with Crippen LogP contribution in [0.4, 0.5) is 0 Å². The van der Waals surface area contributed by atoms with Gasteiger partial charge in [0.05, 0.1) is 4.90 Å². The number of benzene rings is 1. The summed E-state index contributed by atoms with van der Waals surface area (Å²) in [5.74, 6) is 0.215. The molecule has 23 heavy (non-hydrogen) atoms. The molecule has 1 aliphatic carbocycles. The predicted octanol–water partition coefficient (Wildman–Crippen LogP) is 0.970. The van der Waals surface area contributed by atoms with Gasteiger partial charge < -0.3 is 10.6 Å². The minimum atomic E-state index is -3.53. The maximum absolute atomic E-state index is 12.5. The summed E-state index contributed by atoms with van der Waals surface area (Å²) in [5, 5.41) is 0. The molecule has 1 heterocycles. The first-order chi connectivity index (χ1) is 10.5. The number of nitrogens with one attached hydrogen (secondary N) is 1. The van der Waals surface area contributed by atoms with E-state index in [-0.39, 0.29) is 29.3 Å². The molecule has 1 saturated carbocycles. The Morgan fingerprint density at radius 3 is 2.65 bits per heavy atom. The molecule has 0 aromatic heterocycles. The number of nitrogens with two attached hydrogens (primary N) is 1. The van der Waals surface area contributed by atoms with Crippen molar-refractivity contribution < 1.29 is 13.2 Å².